The Balaban J connectivity index is 1.57. The lowest BCUT2D eigenvalue weighted by Crippen LogP contribution is -2.50. The standard InChI is InChI=1S/C26H25N5O4/c32-26(33)23-21(16-4-2-1-3-5-16)20(17-6-8-18(9-7-17)31-10-12-34-13-11-31)22-24(28-23)29-30-25(22)35-19-14-27-15-19/h1-9,19,27H,10-15H2,(H,32,33)(H,28,29,30). The van der Waals surface area contributed by atoms with Crippen LogP contribution in [0.25, 0.3) is 33.3 Å². The van der Waals surface area contributed by atoms with E-state index >= 15 is 0 Å². The number of carbonyl (C=O) groups is 1. The molecule has 0 saturated carbocycles. The maximum absolute atomic E-state index is 12.4. The molecule has 2 aliphatic rings. The number of benzene rings is 2. The van der Waals surface area contributed by atoms with E-state index in [1.807, 2.05) is 42.5 Å². The number of aromatic carboxylic acids is 1. The number of nitrogens with zero attached hydrogens (tertiary/aromatic N) is 3. The molecule has 4 aromatic rings. The van der Waals surface area contributed by atoms with Gasteiger partial charge >= 0.3 is 5.97 Å². The number of aromatic nitrogens is 3. The summed E-state index contributed by atoms with van der Waals surface area (Å²) in [5.74, 6) is -0.669. The lowest BCUT2D eigenvalue weighted by atomic mass is 9.91. The minimum atomic E-state index is -1.10. The van der Waals surface area contributed by atoms with Gasteiger partial charge in [-0.1, -0.05) is 42.5 Å². The van der Waals surface area contributed by atoms with Crippen LogP contribution >= 0.6 is 0 Å². The maximum Gasteiger partial charge on any atom is 0.355 e. The first-order chi connectivity index (χ1) is 17.2. The summed E-state index contributed by atoms with van der Waals surface area (Å²) in [5.41, 5.74) is 4.38. The van der Waals surface area contributed by atoms with Crippen LogP contribution < -0.4 is 15.0 Å². The summed E-state index contributed by atoms with van der Waals surface area (Å²) in [4.78, 5) is 19.1. The number of hydrogen-bond donors (Lipinski definition) is 3. The molecule has 9 nitrogen and oxygen atoms in total. The van der Waals surface area contributed by atoms with Crippen molar-refractivity contribution in [2.24, 2.45) is 0 Å². The minimum Gasteiger partial charge on any atom is -0.476 e. The fraction of sp³-hybridized carbons (Fsp3) is 0.269. The lowest BCUT2D eigenvalue weighted by Gasteiger charge is -2.29. The monoisotopic (exact) mass is 471 g/mol. The second-order valence-electron chi connectivity index (χ2n) is 8.68. The largest absolute Gasteiger partial charge is 0.476 e. The van der Waals surface area contributed by atoms with Crippen molar-refractivity contribution in [2.75, 3.05) is 44.3 Å². The molecule has 0 aliphatic carbocycles. The first-order valence-corrected chi connectivity index (χ1v) is 11.7. The van der Waals surface area contributed by atoms with Gasteiger partial charge in [-0.05, 0) is 23.3 Å². The van der Waals surface area contributed by atoms with Gasteiger partial charge in [0.25, 0.3) is 0 Å². The van der Waals surface area contributed by atoms with Crippen LogP contribution in [-0.2, 0) is 4.74 Å². The third kappa shape index (κ3) is 3.98. The summed E-state index contributed by atoms with van der Waals surface area (Å²) in [6.45, 7) is 4.57. The molecule has 0 atom stereocenters. The summed E-state index contributed by atoms with van der Waals surface area (Å²) in [7, 11) is 0. The zero-order valence-electron chi connectivity index (χ0n) is 19.0. The van der Waals surface area contributed by atoms with Crippen LogP contribution in [-0.4, -0.2) is 71.8 Å². The summed E-state index contributed by atoms with van der Waals surface area (Å²) in [5, 5.41) is 21.3. The van der Waals surface area contributed by atoms with Gasteiger partial charge in [-0.25, -0.2) is 9.78 Å². The Labute approximate surface area is 201 Å². The normalized spacial score (nSPS) is 16.3. The number of H-pyrrole nitrogens is 1. The van der Waals surface area contributed by atoms with Crippen LogP contribution in [0.15, 0.2) is 54.6 Å². The van der Waals surface area contributed by atoms with Crippen molar-refractivity contribution in [3.05, 3.63) is 60.3 Å². The molecular formula is C26H25N5O4. The van der Waals surface area contributed by atoms with Gasteiger partial charge < -0.3 is 24.8 Å². The van der Waals surface area contributed by atoms with E-state index < -0.39 is 5.97 Å². The third-order valence-corrected chi connectivity index (χ3v) is 6.49. The number of pyridine rings is 1. The summed E-state index contributed by atoms with van der Waals surface area (Å²) >= 11 is 0. The van der Waals surface area contributed by atoms with E-state index in [4.69, 9.17) is 9.47 Å². The SMILES string of the molecule is O=C(O)c1nc2[nH]nc(OC3CNC3)c2c(-c2ccc(N3CCOCC3)cc2)c1-c1ccccc1. The molecule has 0 bridgehead atoms. The number of fused-ring (bicyclic) bond motifs is 1. The Kier molecular flexibility index (Phi) is 5.55. The Morgan fingerprint density at radius 2 is 1.71 bits per heavy atom. The van der Waals surface area contributed by atoms with Gasteiger partial charge in [0, 0.05) is 43.0 Å². The molecule has 6 rings (SSSR count). The van der Waals surface area contributed by atoms with Crippen LogP contribution in [0.5, 0.6) is 5.88 Å². The van der Waals surface area contributed by atoms with E-state index in [1.54, 1.807) is 0 Å². The summed E-state index contributed by atoms with van der Waals surface area (Å²) in [6.07, 6.45) is 0.0115. The molecule has 0 radical (unpaired) electrons. The third-order valence-electron chi connectivity index (χ3n) is 6.49. The van der Waals surface area contributed by atoms with Crippen molar-refractivity contribution >= 4 is 22.7 Å². The smallest absolute Gasteiger partial charge is 0.355 e. The lowest BCUT2D eigenvalue weighted by molar-refractivity contribution is 0.0692. The molecule has 0 amide bonds. The highest BCUT2D eigenvalue weighted by molar-refractivity contribution is 6.10. The molecule has 4 heterocycles. The van der Waals surface area contributed by atoms with Crippen molar-refractivity contribution in [3.63, 3.8) is 0 Å². The van der Waals surface area contributed by atoms with Gasteiger partial charge in [-0.3, -0.25) is 5.10 Å². The quantitative estimate of drug-likeness (QED) is 0.393. The number of aromatic amines is 1. The Bertz CT molecular complexity index is 1360. The molecule has 2 fully saturated rings. The van der Waals surface area contributed by atoms with Crippen LogP contribution in [0.3, 0.4) is 0 Å². The maximum atomic E-state index is 12.4. The number of rotatable bonds is 6. The number of anilines is 1. The number of morpholine rings is 1. The molecular weight excluding hydrogens is 446 g/mol. The van der Waals surface area contributed by atoms with Crippen molar-refractivity contribution in [3.8, 4) is 28.1 Å². The van der Waals surface area contributed by atoms with Crippen LogP contribution in [0, 0.1) is 0 Å². The first kappa shape index (κ1) is 21.6. The van der Waals surface area contributed by atoms with E-state index in [0.717, 1.165) is 48.6 Å². The number of carboxylic acids is 1. The second kappa shape index (κ2) is 9.01. The summed E-state index contributed by atoms with van der Waals surface area (Å²) in [6, 6.07) is 17.7. The molecule has 3 N–H and O–H groups in total. The summed E-state index contributed by atoms with van der Waals surface area (Å²) < 4.78 is 11.6. The highest BCUT2D eigenvalue weighted by Crippen LogP contribution is 2.43. The zero-order chi connectivity index (χ0) is 23.8. The number of carboxylic acid groups (broad SMARTS) is 1. The van der Waals surface area contributed by atoms with Crippen LogP contribution in [0.2, 0.25) is 0 Å². The van der Waals surface area contributed by atoms with Gasteiger partial charge in [0.1, 0.15) is 6.10 Å². The second-order valence-corrected chi connectivity index (χ2v) is 8.68. The number of ether oxygens (including phenoxy) is 2. The molecule has 178 valence electrons. The van der Waals surface area contributed by atoms with Gasteiger partial charge in [-0.15, -0.1) is 5.10 Å². The molecule has 0 spiro atoms. The van der Waals surface area contributed by atoms with Crippen LogP contribution in [0.4, 0.5) is 5.69 Å². The molecule has 2 aromatic heterocycles. The Morgan fingerprint density at radius 1 is 1.00 bits per heavy atom. The predicted molar refractivity (Wildman–Crippen MR) is 132 cm³/mol. The predicted octanol–water partition coefficient (Wildman–Crippen LogP) is 3.18. The van der Waals surface area contributed by atoms with Crippen molar-refractivity contribution in [1.29, 1.82) is 0 Å². The average molecular weight is 472 g/mol. The topological polar surface area (TPSA) is 113 Å². The Hall–Kier alpha value is -3.95. The average Bonchev–Trinajstić information content (AvgIpc) is 3.29. The van der Waals surface area contributed by atoms with E-state index in [9.17, 15) is 9.90 Å². The highest BCUT2D eigenvalue weighted by Gasteiger charge is 2.28. The van der Waals surface area contributed by atoms with Crippen molar-refractivity contribution < 1.29 is 19.4 Å². The van der Waals surface area contributed by atoms with E-state index in [2.05, 4.69) is 37.5 Å². The Morgan fingerprint density at radius 3 is 2.37 bits per heavy atom. The fourth-order valence-corrected chi connectivity index (χ4v) is 4.61. The molecule has 2 aliphatic heterocycles. The molecule has 2 aromatic carbocycles. The van der Waals surface area contributed by atoms with E-state index in [0.29, 0.717) is 35.7 Å². The highest BCUT2D eigenvalue weighted by atomic mass is 16.5. The molecule has 0 unspecified atom stereocenters. The van der Waals surface area contributed by atoms with E-state index in [1.165, 1.54) is 0 Å². The first-order valence-electron chi connectivity index (χ1n) is 11.7. The minimum absolute atomic E-state index is 0.0115. The number of hydrogen-bond acceptors (Lipinski definition) is 7. The van der Waals surface area contributed by atoms with Crippen LogP contribution in [0.1, 0.15) is 10.5 Å². The van der Waals surface area contributed by atoms with Gasteiger partial charge in [-0.2, -0.15) is 0 Å². The number of nitrogens with one attached hydrogen (secondary N) is 2. The molecule has 2 saturated heterocycles. The fourth-order valence-electron chi connectivity index (χ4n) is 4.61. The van der Waals surface area contributed by atoms with Crippen molar-refractivity contribution in [2.45, 2.75) is 6.10 Å². The van der Waals surface area contributed by atoms with Gasteiger partial charge in [0.15, 0.2) is 11.3 Å². The van der Waals surface area contributed by atoms with E-state index in [-0.39, 0.29) is 11.8 Å². The zero-order valence-corrected chi connectivity index (χ0v) is 19.0. The molecule has 9 heteroatoms. The van der Waals surface area contributed by atoms with Gasteiger partial charge in [0.05, 0.1) is 18.6 Å². The van der Waals surface area contributed by atoms with Crippen molar-refractivity contribution in [1.82, 2.24) is 20.5 Å². The van der Waals surface area contributed by atoms with Gasteiger partial charge in [0.2, 0.25) is 5.88 Å². The molecule has 35 heavy (non-hydrogen) atoms.